The first-order chi connectivity index (χ1) is 13.9. The van der Waals surface area contributed by atoms with Gasteiger partial charge in [0.15, 0.2) is 5.76 Å². The smallest absolute Gasteiger partial charge is 0.408 e. The Morgan fingerprint density at radius 1 is 1.24 bits per heavy atom. The van der Waals surface area contributed by atoms with E-state index in [-0.39, 0.29) is 17.1 Å². The highest BCUT2D eigenvalue weighted by molar-refractivity contribution is 6.04. The topological polar surface area (TPSA) is 102 Å². The number of anilines is 1. The van der Waals surface area contributed by atoms with Crippen molar-refractivity contribution in [1.82, 2.24) is 25.0 Å². The molecule has 4 heterocycles. The monoisotopic (exact) mass is 402 g/mol. The van der Waals surface area contributed by atoms with E-state index >= 15 is 0 Å². The van der Waals surface area contributed by atoms with E-state index in [0.717, 1.165) is 6.20 Å². The van der Waals surface area contributed by atoms with Crippen LogP contribution in [-0.2, 0) is 6.54 Å². The van der Waals surface area contributed by atoms with Crippen LogP contribution in [0.25, 0.3) is 22.7 Å². The predicted molar refractivity (Wildman–Crippen MR) is 95.8 cm³/mol. The second-order valence-corrected chi connectivity index (χ2v) is 6.02. The summed E-state index contributed by atoms with van der Waals surface area (Å²) in [6.45, 7) is -1.30. The molecule has 0 spiro atoms. The number of carbonyl (C=O) groups is 1. The Balaban J connectivity index is 1.62. The van der Waals surface area contributed by atoms with Crippen molar-refractivity contribution in [2.24, 2.45) is 0 Å². The van der Waals surface area contributed by atoms with Crippen LogP contribution in [0.2, 0.25) is 0 Å². The van der Waals surface area contributed by atoms with Gasteiger partial charge in [0.2, 0.25) is 0 Å². The highest BCUT2D eigenvalue weighted by atomic mass is 19.4. The number of hydrogen-bond donors (Lipinski definition) is 2. The van der Waals surface area contributed by atoms with Crippen LogP contribution in [0.3, 0.4) is 0 Å². The van der Waals surface area contributed by atoms with Crippen molar-refractivity contribution in [2.45, 2.75) is 12.7 Å². The Hall–Kier alpha value is -3.89. The molecule has 0 aliphatic carbocycles. The molecule has 29 heavy (non-hydrogen) atoms. The van der Waals surface area contributed by atoms with Crippen LogP contribution in [-0.4, -0.2) is 37.0 Å². The molecule has 0 saturated heterocycles. The van der Waals surface area contributed by atoms with Crippen molar-refractivity contribution in [1.29, 1.82) is 0 Å². The SMILES string of the molecule is O=C(Nc1cn(CC(F)(F)F)nc1-c1ccccn1)c1ccc(-c2cn[nH]c2)o1. The van der Waals surface area contributed by atoms with Crippen LogP contribution in [0.5, 0.6) is 0 Å². The van der Waals surface area contributed by atoms with Crippen LogP contribution in [0.1, 0.15) is 10.6 Å². The molecule has 1 amide bonds. The quantitative estimate of drug-likeness (QED) is 0.530. The van der Waals surface area contributed by atoms with Gasteiger partial charge in [0.1, 0.15) is 18.0 Å². The maximum absolute atomic E-state index is 12.8. The summed E-state index contributed by atoms with van der Waals surface area (Å²) in [5.41, 5.74) is 1.17. The molecule has 0 atom stereocenters. The molecule has 0 unspecified atom stereocenters. The molecule has 0 aliphatic rings. The number of halogens is 3. The fourth-order valence-corrected chi connectivity index (χ4v) is 2.65. The lowest BCUT2D eigenvalue weighted by Gasteiger charge is -2.05. The number of pyridine rings is 1. The van der Waals surface area contributed by atoms with E-state index in [0.29, 0.717) is 21.7 Å². The number of aromatic nitrogens is 5. The first-order valence-corrected chi connectivity index (χ1v) is 8.35. The molecule has 0 aliphatic heterocycles. The van der Waals surface area contributed by atoms with Crippen molar-refractivity contribution in [3.05, 3.63) is 60.9 Å². The largest absolute Gasteiger partial charge is 0.451 e. The van der Waals surface area contributed by atoms with Crippen molar-refractivity contribution < 1.29 is 22.4 Å². The van der Waals surface area contributed by atoms with Gasteiger partial charge in [0, 0.05) is 18.6 Å². The van der Waals surface area contributed by atoms with Gasteiger partial charge in [-0.3, -0.25) is 19.6 Å². The zero-order chi connectivity index (χ0) is 20.4. The minimum atomic E-state index is -4.46. The average Bonchev–Trinajstić information content (AvgIpc) is 3.41. The van der Waals surface area contributed by atoms with E-state index in [1.165, 1.54) is 18.5 Å². The van der Waals surface area contributed by atoms with Gasteiger partial charge in [0.05, 0.1) is 23.1 Å². The van der Waals surface area contributed by atoms with Crippen LogP contribution >= 0.6 is 0 Å². The van der Waals surface area contributed by atoms with Crippen molar-refractivity contribution in [3.8, 4) is 22.7 Å². The fourth-order valence-electron chi connectivity index (χ4n) is 2.65. The molecule has 148 valence electrons. The zero-order valence-electron chi connectivity index (χ0n) is 14.6. The van der Waals surface area contributed by atoms with Gasteiger partial charge in [-0.15, -0.1) is 0 Å². The summed E-state index contributed by atoms with van der Waals surface area (Å²) in [4.78, 5) is 16.7. The van der Waals surface area contributed by atoms with E-state index in [1.54, 1.807) is 30.5 Å². The number of furan rings is 1. The molecule has 0 bridgehead atoms. The minimum absolute atomic E-state index is 0.0169. The second-order valence-electron chi connectivity index (χ2n) is 6.02. The molecule has 0 radical (unpaired) electrons. The summed E-state index contributed by atoms with van der Waals surface area (Å²) in [5, 5.41) is 12.9. The highest BCUT2D eigenvalue weighted by Crippen LogP contribution is 2.28. The average molecular weight is 402 g/mol. The first kappa shape index (κ1) is 18.5. The van der Waals surface area contributed by atoms with Gasteiger partial charge in [-0.25, -0.2) is 0 Å². The van der Waals surface area contributed by atoms with Gasteiger partial charge in [-0.2, -0.15) is 23.4 Å². The summed E-state index contributed by atoms with van der Waals surface area (Å²) >= 11 is 0. The Kier molecular flexibility index (Phi) is 4.63. The van der Waals surface area contributed by atoms with Crippen molar-refractivity contribution in [2.75, 3.05) is 5.32 Å². The Morgan fingerprint density at radius 2 is 2.10 bits per heavy atom. The third kappa shape index (κ3) is 4.18. The molecule has 4 rings (SSSR count). The number of aromatic amines is 1. The lowest BCUT2D eigenvalue weighted by Crippen LogP contribution is -2.18. The van der Waals surface area contributed by atoms with Gasteiger partial charge >= 0.3 is 6.18 Å². The maximum atomic E-state index is 12.8. The molecule has 8 nitrogen and oxygen atoms in total. The number of nitrogens with one attached hydrogen (secondary N) is 2. The van der Waals surface area contributed by atoms with Crippen molar-refractivity contribution in [3.63, 3.8) is 0 Å². The third-order valence-electron chi connectivity index (χ3n) is 3.87. The number of carbonyl (C=O) groups excluding carboxylic acids is 1. The maximum Gasteiger partial charge on any atom is 0.408 e. The van der Waals surface area contributed by atoms with Crippen LogP contribution < -0.4 is 5.32 Å². The van der Waals surface area contributed by atoms with Crippen LogP contribution in [0.4, 0.5) is 18.9 Å². The van der Waals surface area contributed by atoms with E-state index in [4.69, 9.17) is 4.42 Å². The Bertz CT molecular complexity index is 1120. The van der Waals surface area contributed by atoms with E-state index in [9.17, 15) is 18.0 Å². The normalized spacial score (nSPS) is 11.6. The summed E-state index contributed by atoms with van der Waals surface area (Å²) in [5.74, 6) is -0.234. The van der Waals surface area contributed by atoms with Crippen LogP contribution in [0.15, 0.2) is 59.5 Å². The summed E-state index contributed by atoms with van der Waals surface area (Å²) in [6, 6.07) is 7.96. The molecule has 4 aromatic heterocycles. The molecule has 0 aromatic carbocycles. The standard InChI is InChI=1S/C18H13F3N6O2/c19-18(20,21)10-27-9-13(16(26-27)12-3-1-2-6-22-12)25-17(28)15-5-4-14(29-15)11-7-23-24-8-11/h1-9H,10H2,(H,23,24)(H,25,28). The van der Waals surface area contributed by atoms with E-state index in [2.05, 4.69) is 25.6 Å². The number of nitrogens with zero attached hydrogens (tertiary/aromatic N) is 4. The number of hydrogen-bond acceptors (Lipinski definition) is 5. The minimum Gasteiger partial charge on any atom is -0.451 e. The molecule has 2 N–H and O–H groups in total. The van der Waals surface area contributed by atoms with Gasteiger partial charge in [-0.05, 0) is 24.3 Å². The molecular weight excluding hydrogens is 389 g/mol. The lowest BCUT2D eigenvalue weighted by atomic mass is 10.2. The zero-order valence-corrected chi connectivity index (χ0v) is 14.6. The van der Waals surface area contributed by atoms with Gasteiger partial charge in [0.25, 0.3) is 5.91 Å². The van der Waals surface area contributed by atoms with Gasteiger partial charge in [-0.1, -0.05) is 6.07 Å². The molecule has 0 saturated carbocycles. The molecule has 0 fully saturated rings. The van der Waals surface area contributed by atoms with Crippen LogP contribution in [0, 0.1) is 0 Å². The highest BCUT2D eigenvalue weighted by Gasteiger charge is 2.29. The molecule has 11 heteroatoms. The molecular formula is C18H13F3N6O2. The third-order valence-corrected chi connectivity index (χ3v) is 3.87. The number of H-pyrrole nitrogens is 1. The van der Waals surface area contributed by atoms with Crippen molar-refractivity contribution >= 4 is 11.6 Å². The number of rotatable bonds is 5. The fraction of sp³-hybridized carbons (Fsp3) is 0.111. The summed E-state index contributed by atoms with van der Waals surface area (Å²) in [7, 11) is 0. The second kappa shape index (κ2) is 7.26. The Morgan fingerprint density at radius 3 is 2.79 bits per heavy atom. The number of alkyl halides is 3. The molecule has 4 aromatic rings. The predicted octanol–water partition coefficient (Wildman–Crippen LogP) is 3.74. The Labute approximate surface area is 161 Å². The number of amides is 1. The lowest BCUT2D eigenvalue weighted by molar-refractivity contribution is -0.142. The summed E-state index contributed by atoms with van der Waals surface area (Å²) in [6.07, 6.45) is 1.25. The van der Waals surface area contributed by atoms with E-state index in [1.807, 2.05) is 0 Å². The van der Waals surface area contributed by atoms with E-state index < -0.39 is 18.6 Å². The van der Waals surface area contributed by atoms with Gasteiger partial charge < -0.3 is 9.73 Å². The summed E-state index contributed by atoms with van der Waals surface area (Å²) < 4.78 is 44.5. The first-order valence-electron chi connectivity index (χ1n) is 8.35.